The lowest BCUT2D eigenvalue weighted by atomic mass is 10.1. The molecule has 0 aliphatic carbocycles. The van der Waals surface area contributed by atoms with E-state index in [2.05, 4.69) is 11.9 Å². The molecule has 1 amide bonds. The first kappa shape index (κ1) is 13.8. The maximum atomic E-state index is 12.1. The van der Waals surface area contributed by atoms with E-state index in [1.165, 1.54) is 6.08 Å². The lowest BCUT2D eigenvalue weighted by Crippen LogP contribution is -2.40. The SMILES string of the molecule is C=CC[C@H](NC(=O)c1ccc2ccccc2c1)C(=O)O. The van der Waals surface area contributed by atoms with E-state index in [0.717, 1.165) is 10.8 Å². The minimum Gasteiger partial charge on any atom is -0.480 e. The second-order valence-electron chi connectivity index (χ2n) is 4.45. The van der Waals surface area contributed by atoms with Gasteiger partial charge in [0.1, 0.15) is 6.04 Å². The third-order valence-corrected chi connectivity index (χ3v) is 3.02. The lowest BCUT2D eigenvalue weighted by Gasteiger charge is -2.12. The molecule has 0 saturated carbocycles. The molecule has 0 heterocycles. The van der Waals surface area contributed by atoms with Crippen LogP contribution in [0.3, 0.4) is 0 Å². The van der Waals surface area contributed by atoms with Crippen molar-refractivity contribution in [3.8, 4) is 0 Å². The number of rotatable bonds is 5. The van der Waals surface area contributed by atoms with E-state index in [4.69, 9.17) is 5.11 Å². The Balaban J connectivity index is 2.22. The van der Waals surface area contributed by atoms with Crippen LogP contribution in [0.1, 0.15) is 16.8 Å². The zero-order chi connectivity index (χ0) is 14.5. The molecule has 4 heteroatoms. The zero-order valence-corrected chi connectivity index (χ0v) is 10.9. The first-order valence-corrected chi connectivity index (χ1v) is 6.25. The van der Waals surface area contributed by atoms with Gasteiger partial charge in [-0.3, -0.25) is 4.79 Å². The summed E-state index contributed by atoms with van der Waals surface area (Å²) in [7, 11) is 0. The van der Waals surface area contributed by atoms with Gasteiger partial charge in [-0.15, -0.1) is 6.58 Å². The maximum absolute atomic E-state index is 12.1. The van der Waals surface area contributed by atoms with Gasteiger partial charge in [0.25, 0.3) is 5.91 Å². The fourth-order valence-corrected chi connectivity index (χ4v) is 1.96. The molecule has 0 aromatic heterocycles. The summed E-state index contributed by atoms with van der Waals surface area (Å²) in [5.74, 6) is -1.47. The molecule has 0 radical (unpaired) electrons. The third-order valence-electron chi connectivity index (χ3n) is 3.02. The Morgan fingerprint density at radius 2 is 1.90 bits per heavy atom. The van der Waals surface area contributed by atoms with Crippen LogP contribution in [-0.4, -0.2) is 23.0 Å². The number of carboxylic acids is 1. The van der Waals surface area contributed by atoms with E-state index >= 15 is 0 Å². The summed E-state index contributed by atoms with van der Waals surface area (Å²) < 4.78 is 0. The standard InChI is InChI=1S/C16H15NO3/c1-2-5-14(16(19)20)17-15(18)13-9-8-11-6-3-4-7-12(11)10-13/h2-4,6-10,14H,1,5H2,(H,17,18)(H,19,20)/t14-/m0/s1. The quantitative estimate of drug-likeness (QED) is 0.820. The number of carbonyl (C=O) groups is 2. The van der Waals surface area contributed by atoms with E-state index in [1.54, 1.807) is 12.1 Å². The average molecular weight is 269 g/mol. The maximum Gasteiger partial charge on any atom is 0.326 e. The van der Waals surface area contributed by atoms with Gasteiger partial charge in [0.2, 0.25) is 0 Å². The number of aliphatic carboxylic acids is 1. The van der Waals surface area contributed by atoms with Gasteiger partial charge in [-0.05, 0) is 29.3 Å². The number of hydrogen-bond donors (Lipinski definition) is 2. The number of hydrogen-bond acceptors (Lipinski definition) is 2. The van der Waals surface area contributed by atoms with Crippen molar-refractivity contribution in [3.63, 3.8) is 0 Å². The highest BCUT2D eigenvalue weighted by atomic mass is 16.4. The molecule has 0 unspecified atom stereocenters. The van der Waals surface area contributed by atoms with Crippen LogP contribution in [0, 0.1) is 0 Å². The fourth-order valence-electron chi connectivity index (χ4n) is 1.96. The molecule has 0 bridgehead atoms. The Morgan fingerprint density at radius 3 is 2.55 bits per heavy atom. The lowest BCUT2D eigenvalue weighted by molar-refractivity contribution is -0.139. The molecule has 102 valence electrons. The van der Waals surface area contributed by atoms with Crippen molar-refractivity contribution < 1.29 is 14.7 Å². The van der Waals surface area contributed by atoms with Gasteiger partial charge in [-0.25, -0.2) is 4.79 Å². The fraction of sp³-hybridized carbons (Fsp3) is 0.125. The van der Waals surface area contributed by atoms with Gasteiger partial charge in [0, 0.05) is 5.56 Å². The third kappa shape index (κ3) is 3.03. The van der Waals surface area contributed by atoms with Crippen LogP contribution in [0.25, 0.3) is 10.8 Å². The summed E-state index contributed by atoms with van der Waals surface area (Å²) >= 11 is 0. The molecule has 20 heavy (non-hydrogen) atoms. The molecule has 2 aromatic rings. The Bertz CT molecular complexity index is 664. The highest BCUT2D eigenvalue weighted by Crippen LogP contribution is 2.15. The first-order chi connectivity index (χ1) is 9.61. The van der Waals surface area contributed by atoms with E-state index in [-0.39, 0.29) is 6.42 Å². The van der Waals surface area contributed by atoms with Crippen molar-refractivity contribution in [2.24, 2.45) is 0 Å². The van der Waals surface area contributed by atoms with Gasteiger partial charge < -0.3 is 10.4 Å². The summed E-state index contributed by atoms with van der Waals surface area (Å²) in [4.78, 5) is 23.1. The second-order valence-corrected chi connectivity index (χ2v) is 4.45. The number of fused-ring (bicyclic) bond motifs is 1. The molecule has 2 rings (SSSR count). The summed E-state index contributed by atoms with van der Waals surface area (Å²) in [6.45, 7) is 3.49. The number of carboxylic acid groups (broad SMARTS) is 1. The van der Waals surface area contributed by atoms with Crippen LogP contribution >= 0.6 is 0 Å². The van der Waals surface area contributed by atoms with Crippen molar-refractivity contribution in [3.05, 3.63) is 60.7 Å². The predicted octanol–water partition coefficient (Wildman–Crippen LogP) is 2.60. The molecule has 0 aliphatic heterocycles. The van der Waals surface area contributed by atoms with Crippen molar-refractivity contribution in [1.82, 2.24) is 5.32 Å². The van der Waals surface area contributed by atoms with Crippen molar-refractivity contribution in [1.29, 1.82) is 0 Å². The van der Waals surface area contributed by atoms with Crippen molar-refractivity contribution in [2.45, 2.75) is 12.5 Å². The van der Waals surface area contributed by atoms with E-state index < -0.39 is 17.9 Å². The molecule has 1 atom stereocenters. The highest BCUT2D eigenvalue weighted by molar-refractivity contribution is 6.00. The molecule has 0 fully saturated rings. The minimum atomic E-state index is -1.07. The van der Waals surface area contributed by atoms with Crippen LogP contribution in [0.5, 0.6) is 0 Å². The van der Waals surface area contributed by atoms with Crippen LogP contribution in [0.4, 0.5) is 0 Å². The molecule has 2 N–H and O–H groups in total. The number of benzene rings is 2. The van der Waals surface area contributed by atoms with Gasteiger partial charge in [0.05, 0.1) is 0 Å². The second kappa shape index (κ2) is 6.02. The van der Waals surface area contributed by atoms with Crippen molar-refractivity contribution >= 4 is 22.6 Å². The molecule has 0 saturated heterocycles. The topological polar surface area (TPSA) is 66.4 Å². The monoisotopic (exact) mass is 269 g/mol. The summed E-state index contributed by atoms with van der Waals surface area (Å²) in [5, 5.41) is 13.5. The Hall–Kier alpha value is -2.62. The minimum absolute atomic E-state index is 0.189. The summed E-state index contributed by atoms with van der Waals surface area (Å²) in [6, 6.07) is 12.0. The number of amides is 1. The zero-order valence-electron chi connectivity index (χ0n) is 10.9. The Kier molecular flexibility index (Phi) is 4.15. The smallest absolute Gasteiger partial charge is 0.326 e. The summed E-state index contributed by atoms with van der Waals surface area (Å²) in [5.41, 5.74) is 0.444. The van der Waals surface area contributed by atoms with Gasteiger partial charge in [-0.2, -0.15) is 0 Å². The molecule has 2 aromatic carbocycles. The molecular formula is C16H15NO3. The predicted molar refractivity (Wildman–Crippen MR) is 77.7 cm³/mol. The molecule has 0 aliphatic rings. The molecule has 0 spiro atoms. The van der Waals surface area contributed by atoms with Gasteiger partial charge >= 0.3 is 5.97 Å². The number of carbonyl (C=O) groups excluding carboxylic acids is 1. The Morgan fingerprint density at radius 1 is 1.20 bits per heavy atom. The van der Waals surface area contributed by atoms with Gasteiger partial charge in [0.15, 0.2) is 0 Å². The highest BCUT2D eigenvalue weighted by Gasteiger charge is 2.19. The van der Waals surface area contributed by atoms with Crippen LogP contribution in [0.2, 0.25) is 0 Å². The normalized spacial score (nSPS) is 11.8. The van der Waals surface area contributed by atoms with E-state index in [0.29, 0.717) is 5.56 Å². The molecular weight excluding hydrogens is 254 g/mol. The Labute approximate surface area is 116 Å². The van der Waals surface area contributed by atoms with Crippen LogP contribution in [-0.2, 0) is 4.79 Å². The molecule has 4 nitrogen and oxygen atoms in total. The van der Waals surface area contributed by atoms with Crippen LogP contribution < -0.4 is 5.32 Å². The summed E-state index contributed by atoms with van der Waals surface area (Å²) in [6.07, 6.45) is 1.66. The van der Waals surface area contributed by atoms with Gasteiger partial charge in [-0.1, -0.05) is 36.4 Å². The van der Waals surface area contributed by atoms with E-state index in [9.17, 15) is 9.59 Å². The largest absolute Gasteiger partial charge is 0.480 e. The van der Waals surface area contributed by atoms with Crippen LogP contribution in [0.15, 0.2) is 55.1 Å². The van der Waals surface area contributed by atoms with Crippen molar-refractivity contribution in [2.75, 3.05) is 0 Å². The van der Waals surface area contributed by atoms with E-state index in [1.807, 2.05) is 30.3 Å². The average Bonchev–Trinajstić information content (AvgIpc) is 2.46. The first-order valence-electron chi connectivity index (χ1n) is 6.25. The number of nitrogens with one attached hydrogen (secondary N) is 1.